The SMILES string of the molecule is CCOc1ccc(CNC(=O)C2Cc3ccccc3N2C(=O)c2ccccc2)cc1OC. The third kappa shape index (κ3) is 4.30. The van der Waals surface area contributed by atoms with Crippen molar-refractivity contribution < 1.29 is 19.1 Å². The van der Waals surface area contributed by atoms with Crippen LogP contribution in [0.4, 0.5) is 5.69 Å². The maximum absolute atomic E-state index is 13.3. The van der Waals surface area contributed by atoms with E-state index in [1.54, 1.807) is 24.1 Å². The van der Waals surface area contributed by atoms with Crippen LogP contribution in [0.5, 0.6) is 11.5 Å². The fourth-order valence-electron chi connectivity index (χ4n) is 3.97. The van der Waals surface area contributed by atoms with E-state index in [1.165, 1.54) is 0 Å². The average Bonchev–Trinajstić information content (AvgIpc) is 3.23. The van der Waals surface area contributed by atoms with E-state index in [0.29, 0.717) is 36.6 Å². The highest BCUT2D eigenvalue weighted by molar-refractivity contribution is 6.11. The molecule has 1 aliphatic heterocycles. The van der Waals surface area contributed by atoms with Crippen molar-refractivity contribution in [1.82, 2.24) is 5.32 Å². The third-order valence-corrected chi connectivity index (χ3v) is 5.51. The van der Waals surface area contributed by atoms with Crippen molar-refractivity contribution in [3.8, 4) is 11.5 Å². The van der Waals surface area contributed by atoms with E-state index in [9.17, 15) is 9.59 Å². The molecule has 1 N–H and O–H groups in total. The first kappa shape index (κ1) is 21.4. The molecule has 1 aliphatic rings. The molecule has 0 aliphatic carbocycles. The van der Waals surface area contributed by atoms with Crippen LogP contribution in [0.25, 0.3) is 0 Å². The van der Waals surface area contributed by atoms with Gasteiger partial charge in [-0.3, -0.25) is 14.5 Å². The van der Waals surface area contributed by atoms with E-state index in [-0.39, 0.29) is 11.8 Å². The summed E-state index contributed by atoms with van der Waals surface area (Å²) < 4.78 is 10.9. The lowest BCUT2D eigenvalue weighted by molar-refractivity contribution is -0.122. The summed E-state index contributed by atoms with van der Waals surface area (Å²) in [5, 5.41) is 2.99. The minimum atomic E-state index is -0.607. The first-order chi connectivity index (χ1) is 15.6. The van der Waals surface area contributed by atoms with Gasteiger partial charge in [-0.2, -0.15) is 0 Å². The van der Waals surface area contributed by atoms with Gasteiger partial charge in [-0.1, -0.05) is 42.5 Å². The second-order valence-corrected chi connectivity index (χ2v) is 7.53. The normalized spacial score (nSPS) is 14.6. The van der Waals surface area contributed by atoms with E-state index in [4.69, 9.17) is 9.47 Å². The van der Waals surface area contributed by atoms with Gasteiger partial charge in [-0.25, -0.2) is 0 Å². The Balaban J connectivity index is 1.53. The van der Waals surface area contributed by atoms with Crippen LogP contribution in [0.15, 0.2) is 72.8 Å². The van der Waals surface area contributed by atoms with Crippen molar-refractivity contribution >= 4 is 17.5 Å². The van der Waals surface area contributed by atoms with Gasteiger partial charge in [0, 0.05) is 24.2 Å². The molecule has 3 aromatic rings. The Kier molecular flexibility index (Phi) is 6.40. The molecule has 0 saturated heterocycles. The zero-order valence-corrected chi connectivity index (χ0v) is 18.2. The summed E-state index contributed by atoms with van der Waals surface area (Å²) in [6, 6.07) is 21.7. The monoisotopic (exact) mass is 430 g/mol. The first-order valence-corrected chi connectivity index (χ1v) is 10.7. The fraction of sp³-hybridized carbons (Fsp3) is 0.231. The lowest BCUT2D eigenvalue weighted by atomic mass is 10.1. The Labute approximate surface area is 187 Å². The van der Waals surface area contributed by atoms with Gasteiger partial charge in [-0.05, 0) is 48.4 Å². The second kappa shape index (κ2) is 9.56. The summed E-state index contributed by atoms with van der Waals surface area (Å²) >= 11 is 0. The molecular formula is C26H26N2O4. The Morgan fingerprint density at radius 2 is 1.75 bits per heavy atom. The van der Waals surface area contributed by atoms with Crippen LogP contribution in [0.3, 0.4) is 0 Å². The zero-order chi connectivity index (χ0) is 22.5. The van der Waals surface area contributed by atoms with Crippen LogP contribution in [0, 0.1) is 0 Å². The highest BCUT2D eigenvalue weighted by Crippen LogP contribution is 2.33. The number of fused-ring (bicyclic) bond motifs is 1. The van der Waals surface area contributed by atoms with Crippen LogP contribution < -0.4 is 19.7 Å². The van der Waals surface area contributed by atoms with E-state index >= 15 is 0 Å². The quantitative estimate of drug-likeness (QED) is 0.616. The van der Waals surface area contributed by atoms with Crippen LogP contribution >= 0.6 is 0 Å². The number of para-hydroxylation sites is 1. The molecule has 1 heterocycles. The van der Waals surface area contributed by atoms with Crippen LogP contribution in [-0.2, 0) is 17.8 Å². The summed E-state index contributed by atoms with van der Waals surface area (Å²) in [6.07, 6.45) is 0.479. The molecule has 0 radical (unpaired) electrons. The molecule has 1 unspecified atom stereocenters. The molecule has 1 atom stereocenters. The molecule has 6 heteroatoms. The molecule has 6 nitrogen and oxygen atoms in total. The minimum Gasteiger partial charge on any atom is -0.493 e. The number of nitrogens with zero attached hydrogens (tertiary/aromatic N) is 1. The highest BCUT2D eigenvalue weighted by atomic mass is 16.5. The number of nitrogens with one attached hydrogen (secondary N) is 1. The predicted molar refractivity (Wildman–Crippen MR) is 123 cm³/mol. The van der Waals surface area contributed by atoms with Crippen LogP contribution in [0.2, 0.25) is 0 Å². The second-order valence-electron chi connectivity index (χ2n) is 7.53. The van der Waals surface area contributed by atoms with Gasteiger partial charge in [0.2, 0.25) is 5.91 Å². The standard InChI is InChI=1S/C26H26N2O4/c1-3-32-23-14-13-18(15-24(23)31-2)17-27-25(29)22-16-20-11-7-8-12-21(20)28(22)26(30)19-9-5-4-6-10-19/h4-15,22H,3,16-17H2,1-2H3,(H,27,29). The van der Waals surface area contributed by atoms with Crippen molar-refractivity contribution in [3.05, 3.63) is 89.5 Å². The zero-order valence-electron chi connectivity index (χ0n) is 18.2. The fourth-order valence-corrected chi connectivity index (χ4v) is 3.97. The van der Waals surface area contributed by atoms with Gasteiger partial charge in [0.25, 0.3) is 5.91 Å². The molecule has 0 bridgehead atoms. The van der Waals surface area contributed by atoms with Crippen LogP contribution in [0.1, 0.15) is 28.4 Å². The number of rotatable bonds is 7. The number of methoxy groups -OCH3 is 1. The maximum Gasteiger partial charge on any atom is 0.259 e. The lowest BCUT2D eigenvalue weighted by Crippen LogP contribution is -2.48. The van der Waals surface area contributed by atoms with Gasteiger partial charge < -0.3 is 14.8 Å². The topological polar surface area (TPSA) is 67.9 Å². The van der Waals surface area contributed by atoms with Gasteiger partial charge in [-0.15, -0.1) is 0 Å². The molecular weight excluding hydrogens is 404 g/mol. The van der Waals surface area contributed by atoms with Crippen molar-refractivity contribution in [2.45, 2.75) is 25.9 Å². The summed E-state index contributed by atoms with van der Waals surface area (Å²) in [5.74, 6) is 0.903. The summed E-state index contributed by atoms with van der Waals surface area (Å²) in [7, 11) is 1.59. The van der Waals surface area contributed by atoms with Gasteiger partial charge in [0.1, 0.15) is 6.04 Å². The number of amides is 2. The van der Waals surface area contributed by atoms with Crippen molar-refractivity contribution in [2.75, 3.05) is 18.6 Å². The molecule has 0 fully saturated rings. The summed E-state index contributed by atoms with van der Waals surface area (Å²) in [5.41, 5.74) is 3.21. The van der Waals surface area contributed by atoms with E-state index in [1.807, 2.05) is 67.6 Å². The molecule has 4 rings (SSSR count). The molecule has 2 amide bonds. The van der Waals surface area contributed by atoms with Crippen molar-refractivity contribution in [1.29, 1.82) is 0 Å². The summed E-state index contributed by atoms with van der Waals surface area (Å²) in [6.45, 7) is 2.78. The predicted octanol–water partition coefficient (Wildman–Crippen LogP) is 3.98. The van der Waals surface area contributed by atoms with Crippen molar-refractivity contribution in [3.63, 3.8) is 0 Å². The number of anilines is 1. The van der Waals surface area contributed by atoms with Gasteiger partial charge in [0.15, 0.2) is 11.5 Å². The number of carbonyl (C=O) groups is 2. The Morgan fingerprint density at radius 1 is 1.00 bits per heavy atom. The highest BCUT2D eigenvalue weighted by Gasteiger charge is 2.38. The Hall–Kier alpha value is -3.80. The maximum atomic E-state index is 13.3. The average molecular weight is 431 g/mol. The number of ether oxygens (including phenoxy) is 2. The largest absolute Gasteiger partial charge is 0.493 e. The summed E-state index contributed by atoms with van der Waals surface area (Å²) in [4.78, 5) is 28.1. The number of hydrogen-bond acceptors (Lipinski definition) is 4. The molecule has 164 valence electrons. The molecule has 32 heavy (non-hydrogen) atoms. The van der Waals surface area contributed by atoms with Gasteiger partial charge in [0.05, 0.1) is 13.7 Å². The van der Waals surface area contributed by atoms with E-state index in [0.717, 1.165) is 16.8 Å². The first-order valence-electron chi connectivity index (χ1n) is 10.7. The molecule has 0 spiro atoms. The third-order valence-electron chi connectivity index (χ3n) is 5.51. The van der Waals surface area contributed by atoms with Crippen molar-refractivity contribution in [2.24, 2.45) is 0 Å². The van der Waals surface area contributed by atoms with E-state index < -0.39 is 6.04 Å². The molecule has 0 saturated carbocycles. The van der Waals surface area contributed by atoms with Gasteiger partial charge >= 0.3 is 0 Å². The van der Waals surface area contributed by atoms with E-state index in [2.05, 4.69) is 5.32 Å². The lowest BCUT2D eigenvalue weighted by Gasteiger charge is -2.25. The van der Waals surface area contributed by atoms with Crippen LogP contribution in [-0.4, -0.2) is 31.6 Å². The number of hydrogen-bond donors (Lipinski definition) is 1. The molecule has 0 aromatic heterocycles. The Bertz CT molecular complexity index is 1110. The number of carbonyl (C=O) groups excluding carboxylic acids is 2. The smallest absolute Gasteiger partial charge is 0.259 e. The molecule has 3 aromatic carbocycles. The Morgan fingerprint density at radius 3 is 2.50 bits per heavy atom. The minimum absolute atomic E-state index is 0.182. The number of benzene rings is 3.